The normalized spacial score (nSPS) is 13.4. The SMILES string of the molecule is CC(C)(C)c1cccc(N2CN(c3cc(Oc4ccc5c6ccccc6n(-c6cc(C(C)(C)c7ccccc7)ccn6)c5c4)cc(C(C)(C)C)c3)c3cc(C(C)(C)c4ccccc4)c(C(C)(C)c4ccccc4)cc32)c1. The Morgan fingerprint density at radius 1 is 0.368 bits per heavy atom. The number of benzene rings is 8. The first kappa shape index (κ1) is 50.3. The number of pyridine rings is 1. The molecule has 1 aliphatic rings. The van der Waals surface area contributed by atoms with Crippen LogP contribution in [0.25, 0.3) is 27.6 Å². The number of aromatic nitrogens is 2. The Hall–Kier alpha value is -7.89. The Morgan fingerprint density at radius 2 is 0.882 bits per heavy atom. The van der Waals surface area contributed by atoms with E-state index in [2.05, 4.69) is 298 Å². The molecule has 0 atom stereocenters. The van der Waals surface area contributed by atoms with Crippen molar-refractivity contribution in [1.29, 1.82) is 0 Å². The van der Waals surface area contributed by atoms with Crippen molar-refractivity contribution in [3.05, 3.63) is 251 Å². The van der Waals surface area contributed by atoms with E-state index in [0.717, 1.165) is 39.4 Å². The fourth-order valence-electron chi connectivity index (χ4n) is 11.5. The molecule has 0 bridgehead atoms. The number of para-hydroxylation sites is 1. The third-order valence-electron chi connectivity index (χ3n) is 16.5. The summed E-state index contributed by atoms with van der Waals surface area (Å²) < 4.78 is 9.47. The Kier molecular flexibility index (Phi) is 12.4. The molecular formula is C71H72N4O. The zero-order valence-electron chi connectivity index (χ0n) is 46.5. The second kappa shape index (κ2) is 18.7. The van der Waals surface area contributed by atoms with Gasteiger partial charge in [0.05, 0.1) is 22.4 Å². The van der Waals surface area contributed by atoms with Crippen molar-refractivity contribution in [1.82, 2.24) is 9.55 Å². The lowest BCUT2D eigenvalue weighted by atomic mass is 9.68. The minimum atomic E-state index is -0.333. The molecule has 76 heavy (non-hydrogen) atoms. The smallest absolute Gasteiger partial charge is 0.137 e. The van der Waals surface area contributed by atoms with Gasteiger partial charge in [-0.05, 0) is 122 Å². The van der Waals surface area contributed by atoms with Gasteiger partial charge >= 0.3 is 0 Å². The maximum absolute atomic E-state index is 7.17. The van der Waals surface area contributed by atoms with Crippen molar-refractivity contribution in [2.75, 3.05) is 16.5 Å². The molecule has 0 saturated carbocycles. The van der Waals surface area contributed by atoms with Crippen molar-refractivity contribution < 1.29 is 4.74 Å². The molecule has 8 aromatic carbocycles. The average molecular weight is 997 g/mol. The molecule has 0 aliphatic carbocycles. The van der Waals surface area contributed by atoms with Gasteiger partial charge in [-0.15, -0.1) is 0 Å². The third-order valence-corrected chi connectivity index (χ3v) is 16.5. The molecule has 0 amide bonds. The molecule has 0 unspecified atom stereocenters. The Bertz CT molecular complexity index is 3760. The molecule has 0 radical (unpaired) electrons. The van der Waals surface area contributed by atoms with Gasteiger partial charge in [0.15, 0.2) is 0 Å². The second-order valence-corrected chi connectivity index (χ2v) is 24.7. The molecule has 5 heteroatoms. The molecule has 11 rings (SSSR count). The fourth-order valence-corrected chi connectivity index (χ4v) is 11.5. The summed E-state index contributed by atoms with van der Waals surface area (Å²) in [4.78, 5) is 10.1. The minimum Gasteiger partial charge on any atom is -0.457 e. The van der Waals surface area contributed by atoms with Crippen LogP contribution in [-0.2, 0) is 27.1 Å². The molecule has 3 heterocycles. The monoisotopic (exact) mass is 997 g/mol. The molecule has 1 aliphatic heterocycles. The van der Waals surface area contributed by atoms with Crippen LogP contribution < -0.4 is 14.5 Å². The van der Waals surface area contributed by atoms with E-state index in [-0.39, 0.29) is 27.1 Å². The van der Waals surface area contributed by atoms with Crippen molar-refractivity contribution in [2.45, 2.75) is 110 Å². The van der Waals surface area contributed by atoms with E-state index < -0.39 is 0 Å². The molecular weight excluding hydrogens is 925 g/mol. The van der Waals surface area contributed by atoms with Crippen LogP contribution in [0.1, 0.15) is 128 Å². The highest BCUT2D eigenvalue weighted by Crippen LogP contribution is 2.53. The average Bonchev–Trinajstić information content (AvgIpc) is 3.97. The Balaban J connectivity index is 1.07. The molecule has 2 aromatic heterocycles. The Morgan fingerprint density at radius 3 is 1.47 bits per heavy atom. The molecule has 5 nitrogen and oxygen atoms in total. The van der Waals surface area contributed by atoms with Crippen LogP contribution in [0.5, 0.6) is 11.5 Å². The fraction of sp³-hybridized carbons (Fsp3) is 0.254. The molecule has 10 aromatic rings. The number of hydrogen-bond donors (Lipinski definition) is 0. The summed E-state index contributed by atoms with van der Waals surface area (Å²) in [7, 11) is 0. The van der Waals surface area contributed by atoms with Crippen LogP contribution in [0, 0.1) is 0 Å². The number of fused-ring (bicyclic) bond motifs is 4. The van der Waals surface area contributed by atoms with Crippen LogP contribution in [0.4, 0.5) is 22.7 Å². The quantitative estimate of drug-likeness (QED) is 0.129. The van der Waals surface area contributed by atoms with Gasteiger partial charge in [0.1, 0.15) is 24.0 Å². The van der Waals surface area contributed by atoms with Gasteiger partial charge in [0, 0.05) is 56.7 Å². The summed E-state index contributed by atoms with van der Waals surface area (Å²) in [6.45, 7) is 28.5. The van der Waals surface area contributed by atoms with Crippen LogP contribution in [0.3, 0.4) is 0 Å². The molecule has 0 spiro atoms. The number of hydrogen-bond acceptors (Lipinski definition) is 4. The van der Waals surface area contributed by atoms with Gasteiger partial charge in [-0.3, -0.25) is 4.57 Å². The first-order chi connectivity index (χ1) is 36.2. The van der Waals surface area contributed by atoms with E-state index in [1.807, 2.05) is 6.20 Å². The van der Waals surface area contributed by atoms with E-state index in [0.29, 0.717) is 6.67 Å². The lowest BCUT2D eigenvalue weighted by Gasteiger charge is -2.36. The number of rotatable bonds is 11. The summed E-state index contributed by atoms with van der Waals surface area (Å²) in [5.41, 5.74) is 15.8. The van der Waals surface area contributed by atoms with Crippen molar-refractivity contribution >= 4 is 44.6 Å². The number of nitrogens with zero attached hydrogens (tertiary/aromatic N) is 4. The highest BCUT2D eigenvalue weighted by Gasteiger charge is 2.39. The van der Waals surface area contributed by atoms with Crippen molar-refractivity contribution in [3.8, 4) is 17.3 Å². The lowest BCUT2D eigenvalue weighted by molar-refractivity contribution is 0.479. The Labute approximate surface area is 451 Å². The van der Waals surface area contributed by atoms with Crippen LogP contribution in [-0.4, -0.2) is 16.2 Å². The van der Waals surface area contributed by atoms with Crippen molar-refractivity contribution in [3.63, 3.8) is 0 Å². The maximum Gasteiger partial charge on any atom is 0.137 e. The van der Waals surface area contributed by atoms with E-state index in [1.165, 1.54) is 67.0 Å². The summed E-state index contributed by atoms with van der Waals surface area (Å²) in [5, 5.41) is 2.32. The highest BCUT2D eigenvalue weighted by molar-refractivity contribution is 6.09. The summed E-state index contributed by atoms with van der Waals surface area (Å²) in [6, 6.07) is 73.4. The lowest BCUT2D eigenvalue weighted by Crippen LogP contribution is -2.28. The predicted octanol–water partition coefficient (Wildman–Crippen LogP) is 18.8. The third kappa shape index (κ3) is 9.04. The summed E-state index contributed by atoms with van der Waals surface area (Å²) in [6.07, 6.45) is 1.95. The topological polar surface area (TPSA) is 33.5 Å². The van der Waals surface area contributed by atoms with Crippen LogP contribution in [0.15, 0.2) is 206 Å². The summed E-state index contributed by atoms with van der Waals surface area (Å²) >= 11 is 0. The van der Waals surface area contributed by atoms with Gasteiger partial charge in [-0.25, -0.2) is 4.98 Å². The van der Waals surface area contributed by atoms with Gasteiger partial charge in [-0.1, -0.05) is 204 Å². The molecule has 0 N–H and O–H groups in total. The molecule has 0 fully saturated rings. The zero-order valence-corrected chi connectivity index (χ0v) is 46.5. The van der Waals surface area contributed by atoms with Gasteiger partial charge in [0.2, 0.25) is 0 Å². The van der Waals surface area contributed by atoms with Crippen LogP contribution >= 0.6 is 0 Å². The first-order valence-electron chi connectivity index (χ1n) is 27.0. The standard InChI is InChI=1S/C71H72N4O/c1-67(2,3)51-31-24-32-54(39-51)73-47-74(65-46-61(71(11,12)50-29-20-15-21-30-50)60(45-64(65)73)70(9,10)49-27-18-14-19-28-49)55-40-53(68(4,5)6)41-57(43-55)76-56-35-36-59-58-33-22-23-34-62(58)75(63(59)44-56)66-42-52(37-38-72-66)69(7,8)48-25-16-13-17-26-48/h13-46H,47H2,1-12H3. The highest BCUT2D eigenvalue weighted by atomic mass is 16.5. The minimum absolute atomic E-state index is 0.0211. The summed E-state index contributed by atoms with van der Waals surface area (Å²) in [5.74, 6) is 2.42. The molecule has 382 valence electrons. The van der Waals surface area contributed by atoms with E-state index >= 15 is 0 Å². The predicted molar refractivity (Wildman–Crippen MR) is 320 cm³/mol. The zero-order chi connectivity index (χ0) is 53.4. The largest absolute Gasteiger partial charge is 0.457 e. The van der Waals surface area contributed by atoms with Gasteiger partial charge < -0.3 is 14.5 Å². The van der Waals surface area contributed by atoms with E-state index in [9.17, 15) is 0 Å². The van der Waals surface area contributed by atoms with Gasteiger partial charge in [0.25, 0.3) is 0 Å². The van der Waals surface area contributed by atoms with Crippen molar-refractivity contribution in [2.24, 2.45) is 0 Å². The van der Waals surface area contributed by atoms with E-state index in [4.69, 9.17) is 9.72 Å². The number of anilines is 4. The maximum atomic E-state index is 7.17. The second-order valence-electron chi connectivity index (χ2n) is 24.7. The van der Waals surface area contributed by atoms with Gasteiger partial charge in [-0.2, -0.15) is 0 Å². The molecule has 0 saturated heterocycles. The van der Waals surface area contributed by atoms with Crippen LogP contribution in [0.2, 0.25) is 0 Å². The number of ether oxygens (including phenoxy) is 1. The van der Waals surface area contributed by atoms with E-state index in [1.54, 1.807) is 0 Å². The first-order valence-corrected chi connectivity index (χ1v) is 27.0.